The van der Waals surface area contributed by atoms with Crippen LogP contribution in [0.15, 0.2) is 24.9 Å². The van der Waals surface area contributed by atoms with Crippen LogP contribution in [0.2, 0.25) is 5.02 Å². The summed E-state index contributed by atoms with van der Waals surface area (Å²) >= 11 is 6.19. The van der Waals surface area contributed by atoms with Crippen molar-refractivity contribution in [2.24, 2.45) is 7.05 Å². The molecule has 3 rings (SSSR count). The average Bonchev–Trinajstić information content (AvgIpc) is 2.74. The smallest absolute Gasteiger partial charge is 0.150 e. The van der Waals surface area contributed by atoms with E-state index in [4.69, 9.17) is 11.6 Å². The Kier molecular flexibility index (Phi) is 4.36. The van der Waals surface area contributed by atoms with Gasteiger partial charge >= 0.3 is 0 Å². The highest BCUT2D eigenvalue weighted by Crippen LogP contribution is 2.22. The highest BCUT2D eigenvalue weighted by Gasteiger charge is 2.18. The second kappa shape index (κ2) is 6.41. The Balaban J connectivity index is 1.63. The predicted molar refractivity (Wildman–Crippen MR) is 82.4 cm³/mol. The molecule has 6 nitrogen and oxygen atoms in total. The molecule has 2 aromatic heterocycles. The van der Waals surface area contributed by atoms with Crippen LogP contribution in [0.1, 0.15) is 12.0 Å². The van der Waals surface area contributed by atoms with Crippen LogP contribution in [0.25, 0.3) is 0 Å². The molecule has 1 fully saturated rings. The molecule has 0 N–H and O–H groups in total. The average molecular weight is 307 g/mol. The molecule has 1 saturated heterocycles. The third-order valence-electron chi connectivity index (χ3n) is 3.70. The quantitative estimate of drug-likeness (QED) is 0.861. The summed E-state index contributed by atoms with van der Waals surface area (Å²) < 4.78 is 1.85. The second-order valence-electron chi connectivity index (χ2n) is 5.33. The number of aryl methyl sites for hydroxylation is 1. The lowest BCUT2D eigenvalue weighted by atomic mass is 10.3. The number of aromatic nitrogens is 4. The molecular weight excluding hydrogens is 288 g/mol. The van der Waals surface area contributed by atoms with E-state index in [1.54, 1.807) is 12.5 Å². The van der Waals surface area contributed by atoms with Gasteiger partial charge in [0.25, 0.3) is 0 Å². The van der Waals surface area contributed by atoms with Crippen LogP contribution < -0.4 is 4.90 Å². The summed E-state index contributed by atoms with van der Waals surface area (Å²) in [6.07, 6.45) is 8.32. The van der Waals surface area contributed by atoms with Crippen LogP contribution in [0, 0.1) is 0 Å². The molecule has 21 heavy (non-hydrogen) atoms. The topological polar surface area (TPSA) is 50.1 Å². The summed E-state index contributed by atoms with van der Waals surface area (Å²) in [4.78, 5) is 12.9. The van der Waals surface area contributed by atoms with E-state index < -0.39 is 0 Å². The van der Waals surface area contributed by atoms with E-state index in [0.29, 0.717) is 5.02 Å². The third-order valence-corrected chi connectivity index (χ3v) is 3.97. The van der Waals surface area contributed by atoms with Crippen molar-refractivity contribution in [3.05, 3.63) is 35.5 Å². The number of rotatable bonds is 3. The van der Waals surface area contributed by atoms with Crippen LogP contribution in [-0.4, -0.2) is 50.8 Å². The number of halogens is 1. The van der Waals surface area contributed by atoms with Gasteiger partial charge in [0.2, 0.25) is 0 Å². The molecule has 7 heteroatoms. The minimum absolute atomic E-state index is 0.623. The van der Waals surface area contributed by atoms with Gasteiger partial charge in [0, 0.05) is 51.5 Å². The van der Waals surface area contributed by atoms with Crippen molar-refractivity contribution in [1.29, 1.82) is 0 Å². The van der Waals surface area contributed by atoms with Crippen molar-refractivity contribution in [1.82, 2.24) is 24.6 Å². The molecule has 1 aliphatic heterocycles. The van der Waals surface area contributed by atoms with Gasteiger partial charge in [0.15, 0.2) is 5.82 Å². The first-order valence-corrected chi connectivity index (χ1v) is 7.50. The summed E-state index contributed by atoms with van der Waals surface area (Å²) in [5.41, 5.74) is 1.26. The van der Waals surface area contributed by atoms with Gasteiger partial charge in [-0.25, -0.2) is 9.97 Å². The van der Waals surface area contributed by atoms with Gasteiger partial charge < -0.3 is 4.90 Å². The minimum Gasteiger partial charge on any atom is -0.354 e. The van der Waals surface area contributed by atoms with E-state index in [9.17, 15) is 0 Å². The number of hydrogen-bond acceptors (Lipinski definition) is 5. The number of nitrogens with zero attached hydrogens (tertiary/aromatic N) is 6. The van der Waals surface area contributed by atoms with Crippen molar-refractivity contribution in [2.75, 3.05) is 31.1 Å². The number of hydrogen-bond donors (Lipinski definition) is 0. The fourth-order valence-electron chi connectivity index (χ4n) is 2.69. The molecule has 0 spiro atoms. The van der Waals surface area contributed by atoms with E-state index in [-0.39, 0.29) is 0 Å². The van der Waals surface area contributed by atoms with E-state index in [1.165, 1.54) is 5.56 Å². The molecule has 0 unspecified atom stereocenters. The Morgan fingerprint density at radius 3 is 2.86 bits per heavy atom. The summed E-state index contributed by atoms with van der Waals surface area (Å²) in [5, 5.41) is 4.85. The Morgan fingerprint density at radius 2 is 2.10 bits per heavy atom. The first-order chi connectivity index (χ1) is 10.2. The van der Waals surface area contributed by atoms with Crippen molar-refractivity contribution in [2.45, 2.75) is 13.0 Å². The lowest BCUT2D eigenvalue weighted by Gasteiger charge is -2.22. The Labute approximate surface area is 129 Å². The van der Waals surface area contributed by atoms with E-state index >= 15 is 0 Å². The predicted octanol–water partition coefficient (Wildman–Crippen LogP) is 1.58. The fraction of sp³-hybridized carbons (Fsp3) is 0.500. The summed E-state index contributed by atoms with van der Waals surface area (Å²) in [5.74, 6) is 0.842. The maximum atomic E-state index is 6.19. The lowest BCUT2D eigenvalue weighted by Crippen LogP contribution is -2.31. The molecule has 3 heterocycles. The maximum Gasteiger partial charge on any atom is 0.150 e. The first-order valence-electron chi connectivity index (χ1n) is 7.13. The Hall–Kier alpha value is -1.66. The van der Waals surface area contributed by atoms with E-state index in [1.807, 2.05) is 17.9 Å². The summed E-state index contributed by atoms with van der Waals surface area (Å²) in [7, 11) is 1.95. The zero-order valence-electron chi connectivity index (χ0n) is 12.1. The Morgan fingerprint density at radius 1 is 1.19 bits per heavy atom. The standard InChI is InChI=1S/C14H19ClN6/c1-19-9-12(7-18-19)10-20-3-2-4-21(6-5-20)14-13(15)8-16-11-17-14/h7-9,11H,2-6,10H2,1H3. The van der Waals surface area contributed by atoms with Crippen LogP contribution in [0.3, 0.4) is 0 Å². The molecule has 0 aliphatic carbocycles. The summed E-state index contributed by atoms with van der Waals surface area (Å²) in [6, 6.07) is 0. The van der Waals surface area contributed by atoms with Crippen molar-refractivity contribution in [3.63, 3.8) is 0 Å². The zero-order valence-corrected chi connectivity index (χ0v) is 12.9. The first kappa shape index (κ1) is 14.3. The minimum atomic E-state index is 0.623. The zero-order chi connectivity index (χ0) is 14.7. The number of anilines is 1. The van der Waals surface area contributed by atoms with Gasteiger partial charge in [-0.05, 0) is 6.42 Å². The highest BCUT2D eigenvalue weighted by molar-refractivity contribution is 6.32. The molecule has 0 aromatic carbocycles. The van der Waals surface area contributed by atoms with Gasteiger partial charge in [-0.2, -0.15) is 5.10 Å². The van der Waals surface area contributed by atoms with Crippen molar-refractivity contribution in [3.8, 4) is 0 Å². The van der Waals surface area contributed by atoms with E-state index in [2.05, 4.69) is 31.1 Å². The Bertz CT molecular complexity index is 599. The van der Waals surface area contributed by atoms with Crippen LogP contribution in [0.5, 0.6) is 0 Å². The molecular formula is C14H19ClN6. The normalized spacial score (nSPS) is 17.0. The van der Waals surface area contributed by atoms with Gasteiger partial charge in [-0.15, -0.1) is 0 Å². The largest absolute Gasteiger partial charge is 0.354 e. The summed E-state index contributed by atoms with van der Waals surface area (Å²) in [6.45, 7) is 4.92. The fourth-order valence-corrected chi connectivity index (χ4v) is 2.92. The van der Waals surface area contributed by atoms with E-state index in [0.717, 1.165) is 45.0 Å². The molecule has 0 amide bonds. The van der Waals surface area contributed by atoms with Gasteiger partial charge in [-0.1, -0.05) is 11.6 Å². The second-order valence-corrected chi connectivity index (χ2v) is 5.74. The van der Waals surface area contributed by atoms with Crippen LogP contribution in [-0.2, 0) is 13.6 Å². The van der Waals surface area contributed by atoms with Crippen molar-refractivity contribution < 1.29 is 0 Å². The molecule has 0 bridgehead atoms. The maximum absolute atomic E-state index is 6.19. The molecule has 0 atom stereocenters. The van der Waals surface area contributed by atoms with Crippen molar-refractivity contribution >= 4 is 17.4 Å². The molecule has 1 aliphatic rings. The van der Waals surface area contributed by atoms with Gasteiger partial charge in [0.05, 0.1) is 12.4 Å². The van der Waals surface area contributed by atoms with Crippen LogP contribution in [0.4, 0.5) is 5.82 Å². The lowest BCUT2D eigenvalue weighted by molar-refractivity contribution is 0.285. The van der Waals surface area contributed by atoms with Gasteiger partial charge in [0.1, 0.15) is 11.3 Å². The van der Waals surface area contributed by atoms with Gasteiger partial charge in [-0.3, -0.25) is 9.58 Å². The molecule has 0 radical (unpaired) electrons. The highest BCUT2D eigenvalue weighted by atomic mass is 35.5. The SMILES string of the molecule is Cn1cc(CN2CCCN(c3ncncc3Cl)CC2)cn1. The molecule has 0 saturated carbocycles. The molecule has 112 valence electrons. The third kappa shape index (κ3) is 3.51. The van der Waals surface area contributed by atoms with Crippen LogP contribution >= 0.6 is 11.6 Å². The molecule has 2 aromatic rings. The monoisotopic (exact) mass is 306 g/mol.